The number of hydrogen-bond donors (Lipinski definition) is 1. The summed E-state index contributed by atoms with van der Waals surface area (Å²) >= 11 is 0. The molecule has 0 radical (unpaired) electrons. The first-order valence-electron chi connectivity index (χ1n) is 11.5. The van der Waals surface area contributed by atoms with Gasteiger partial charge in [0.25, 0.3) is 5.82 Å². The molecule has 1 aromatic heterocycles. The molecule has 0 atom stereocenters. The summed E-state index contributed by atoms with van der Waals surface area (Å²) in [5.74, 6) is 0.995. The van der Waals surface area contributed by atoms with Gasteiger partial charge in [-0.25, -0.2) is 14.7 Å². The van der Waals surface area contributed by atoms with E-state index < -0.39 is 0 Å². The molecule has 1 rings (SSSR count). The van der Waals surface area contributed by atoms with E-state index in [2.05, 4.69) is 12.2 Å². The molecule has 0 spiro atoms. The Hall–Kier alpha value is -1.38. The van der Waals surface area contributed by atoms with Gasteiger partial charge in [-0.05, 0) is 12.5 Å². The second-order valence-electron chi connectivity index (χ2n) is 7.94. The summed E-state index contributed by atoms with van der Waals surface area (Å²) in [7, 11) is 1.95. The average Bonchev–Trinajstić information content (AvgIpc) is 2.66. The van der Waals surface area contributed by atoms with Crippen LogP contribution in [0.15, 0.2) is 24.4 Å². The van der Waals surface area contributed by atoms with Gasteiger partial charge in [-0.2, -0.15) is 0 Å². The molecule has 1 aromatic rings. The van der Waals surface area contributed by atoms with Gasteiger partial charge in [0.2, 0.25) is 0 Å². The Labute approximate surface area is 168 Å². The molecule has 27 heavy (non-hydrogen) atoms. The van der Waals surface area contributed by atoms with Gasteiger partial charge in [-0.15, -0.1) is 0 Å². The minimum absolute atomic E-state index is 0.131. The largest absolute Gasteiger partial charge is 0.307 e. The van der Waals surface area contributed by atoms with Crippen molar-refractivity contribution in [3.63, 3.8) is 0 Å². The number of aromatic nitrogens is 1. The van der Waals surface area contributed by atoms with E-state index in [1.54, 1.807) is 0 Å². The zero-order valence-electron chi connectivity index (χ0n) is 18.0. The van der Waals surface area contributed by atoms with Crippen LogP contribution in [0.25, 0.3) is 0 Å². The van der Waals surface area contributed by atoms with Crippen molar-refractivity contribution in [1.29, 1.82) is 0 Å². The van der Waals surface area contributed by atoms with E-state index >= 15 is 0 Å². The van der Waals surface area contributed by atoms with Crippen molar-refractivity contribution in [2.75, 3.05) is 5.32 Å². The van der Waals surface area contributed by atoms with Crippen LogP contribution in [0.2, 0.25) is 0 Å². The lowest BCUT2D eigenvalue weighted by atomic mass is 10.0. The molecule has 1 N–H and O–H groups in total. The van der Waals surface area contributed by atoms with E-state index in [0.29, 0.717) is 6.42 Å². The number of amides is 1. The summed E-state index contributed by atoms with van der Waals surface area (Å²) in [6.45, 7) is 2.28. The molecule has 3 nitrogen and oxygen atoms in total. The summed E-state index contributed by atoms with van der Waals surface area (Å²) in [6, 6.07) is 5.85. The molecular weight excluding hydrogens is 332 g/mol. The number of aryl methyl sites for hydroxylation is 1. The van der Waals surface area contributed by atoms with Crippen LogP contribution in [0.5, 0.6) is 0 Å². The van der Waals surface area contributed by atoms with E-state index in [1.807, 2.05) is 36.0 Å². The van der Waals surface area contributed by atoms with Crippen molar-refractivity contribution >= 4 is 11.7 Å². The van der Waals surface area contributed by atoms with E-state index in [1.165, 1.54) is 89.9 Å². The van der Waals surface area contributed by atoms with Gasteiger partial charge in [-0.3, -0.25) is 0 Å². The maximum atomic E-state index is 12.0. The molecular formula is C24H43N2O+. The Kier molecular flexibility index (Phi) is 14.7. The number of rotatable bonds is 17. The fraction of sp³-hybridized carbons (Fsp3) is 0.750. The highest BCUT2D eigenvalue weighted by molar-refractivity contribution is 5.88. The lowest BCUT2D eigenvalue weighted by Crippen LogP contribution is -2.33. The monoisotopic (exact) mass is 375 g/mol. The molecule has 0 saturated carbocycles. The van der Waals surface area contributed by atoms with Crippen molar-refractivity contribution in [1.82, 2.24) is 0 Å². The number of pyridine rings is 1. The Balaban J connectivity index is 1.82. The van der Waals surface area contributed by atoms with Crippen LogP contribution in [-0.2, 0) is 11.8 Å². The third-order valence-corrected chi connectivity index (χ3v) is 5.33. The number of carbonyl (C=O) groups is 1. The van der Waals surface area contributed by atoms with Gasteiger partial charge in [0, 0.05) is 12.5 Å². The molecule has 3 heteroatoms. The van der Waals surface area contributed by atoms with E-state index in [9.17, 15) is 4.79 Å². The maximum Gasteiger partial charge on any atom is 0.307 e. The molecule has 1 amide bonds. The van der Waals surface area contributed by atoms with Crippen LogP contribution in [0.1, 0.15) is 110 Å². The molecule has 154 valence electrons. The lowest BCUT2D eigenvalue weighted by Gasteiger charge is -2.03. The van der Waals surface area contributed by atoms with E-state index in [0.717, 1.165) is 12.2 Å². The van der Waals surface area contributed by atoms with Crippen molar-refractivity contribution in [2.45, 2.75) is 110 Å². The Morgan fingerprint density at radius 1 is 0.778 bits per heavy atom. The number of nitrogens with one attached hydrogen (secondary N) is 1. The lowest BCUT2D eigenvalue weighted by molar-refractivity contribution is -0.657. The SMILES string of the molecule is CCCCCCCCCCCCCCCCCC(=O)Nc1cccc[n+]1C. The molecule has 0 fully saturated rings. The van der Waals surface area contributed by atoms with Gasteiger partial charge in [-0.1, -0.05) is 103 Å². The Morgan fingerprint density at radius 3 is 1.74 bits per heavy atom. The highest BCUT2D eigenvalue weighted by atomic mass is 16.1. The van der Waals surface area contributed by atoms with Gasteiger partial charge in [0.15, 0.2) is 0 Å². The molecule has 0 aliphatic carbocycles. The quantitative estimate of drug-likeness (QED) is 0.238. The van der Waals surface area contributed by atoms with Crippen LogP contribution < -0.4 is 9.88 Å². The fourth-order valence-electron chi connectivity index (χ4n) is 3.52. The smallest absolute Gasteiger partial charge is 0.247 e. The molecule has 0 aromatic carbocycles. The number of anilines is 1. The summed E-state index contributed by atoms with van der Waals surface area (Å²) in [5.41, 5.74) is 0. The number of unbranched alkanes of at least 4 members (excludes halogenated alkanes) is 14. The number of nitrogens with zero attached hydrogens (tertiary/aromatic N) is 1. The molecule has 1 heterocycles. The average molecular weight is 376 g/mol. The summed E-state index contributed by atoms with van der Waals surface area (Å²) in [5, 5.41) is 2.98. The zero-order chi connectivity index (χ0) is 19.6. The normalized spacial score (nSPS) is 10.9. The predicted molar refractivity (Wildman–Crippen MR) is 116 cm³/mol. The van der Waals surface area contributed by atoms with E-state index in [4.69, 9.17) is 0 Å². The highest BCUT2D eigenvalue weighted by Gasteiger charge is 2.10. The maximum absolute atomic E-state index is 12.0. The first-order valence-corrected chi connectivity index (χ1v) is 11.5. The minimum atomic E-state index is 0.131. The van der Waals surface area contributed by atoms with Crippen LogP contribution in [0.3, 0.4) is 0 Å². The first-order chi connectivity index (χ1) is 13.2. The molecule has 0 bridgehead atoms. The van der Waals surface area contributed by atoms with Gasteiger partial charge >= 0.3 is 5.91 Å². The molecule has 0 aliphatic rings. The molecule has 0 aliphatic heterocycles. The zero-order valence-corrected chi connectivity index (χ0v) is 18.0. The standard InChI is InChI=1S/C24H42N2O/c1-3-4-5-6-7-8-9-10-11-12-13-14-15-16-17-21-24(27)25-23-20-18-19-22-26(23)2/h18-20,22H,3-17,21H2,1-2H3/p+1. The topological polar surface area (TPSA) is 33.0 Å². The second kappa shape index (κ2) is 16.8. The molecule has 0 saturated heterocycles. The number of hydrogen-bond acceptors (Lipinski definition) is 1. The highest BCUT2D eigenvalue weighted by Crippen LogP contribution is 2.13. The third kappa shape index (κ3) is 13.4. The van der Waals surface area contributed by atoms with Gasteiger partial charge < -0.3 is 0 Å². The predicted octanol–water partition coefficient (Wildman–Crippen LogP) is 6.71. The Morgan fingerprint density at radius 2 is 1.26 bits per heavy atom. The fourth-order valence-corrected chi connectivity index (χ4v) is 3.52. The minimum Gasteiger partial charge on any atom is -0.247 e. The van der Waals surface area contributed by atoms with Crippen LogP contribution in [0, 0.1) is 0 Å². The number of carbonyl (C=O) groups excluding carboxylic acids is 1. The van der Waals surface area contributed by atoms with Gasteiger partial charge in [0.05, 0.1) is 13.2 Å². The van der Waals surface area contributed by atoms with Crippen LogP contribution >= 0.6 is 0 Å². The summed E-state index contributed by atoms with van der Waals surface area (Å²) in [6.07, 6.45) is 22.9. The third-order valence-electron chi connectivity index (χ3n) is 5.33. The van der Waals surface area contributed by atoms with Gasteiger partial charge in [0.1, 0.15) is 0 Å². The van der Waals surface area contributed by atoms with Crippen molar-refractivity contribution in [3.8, 4) is 0 Å². The van der Waals surface area contributed by atoms with Crippen molar-refractivity contribution in [2.24, 2.45) is 7.05 Å². The van der Waals surface area contributed by atoms with Crippen LogP contribution in [-0.4, -0.2) is 5.91 Å². The van der Waals surface area contributed by atoms with Crippen LogP contribution in [0.4, 0.5) is 5.82 Å². The van der Waals surface area contributed by atoms with E-state index in [-0.39, 0.29) is 5.91 Å². The molecule has 0 unspecified atom stereocenters. The summed E-state index contributed by atoms with van der Waals surface area (Å²) in [4.78, 5) is 12.0. The van der Waals surface area contributed by atoms with Crippen molar-refractivity contribution in [3.05, 3.63) is 24.4 Å². The second-order valence-corrected chi connectivity index (χ2v) is 7.94. The Bertz CT molecular complexity index is 487. The summed E-state index contributed by atoms with van der Waals surface area (Å²) < 4.78 is 1.93. The first kappa shape index (κ1) is 23.7. The van der Waals surface area contributed by atoms with Crippen molar-refractivity contribution < 1.29 is 9.36 Å².